The molecule has 1 saturated heterocycles. The Morgan fingerprint density at radius 3 is 2.18 bits per heavy atom. The molecule has 7 nitrogen and oxygen atoms in total. The van der Waals surface area contributed by atoms with Gasteiger partial charge >= 0.3 is 12.1 Å². The van der Waals surface area contributed by atoms with Crippen molar-refractivity contribution in [2.45, 2.75) is 32.6 Å². The second-order valence-corrected chi connectivity index (χ2v) is 9.60. The van der Waals surface area contributed by atoms with Crippen LogP contribution in [0.25, 0.3) is 11.1 Å². The van der Waals surface area contributed by atoms with E-state index in [4.69, 9.17) is 9.84 Å². The quantitative estimate of drug-likeness (QED) is 0.582. The Kier molecular flexibility index (Phi) is 7.20. The largest absolute Gasteiger partial charge is 0.481 e. The fraction of sp³-hybridized carbons (Fsp3) is 0.444. The molecule has 180 valence electrons. The maximum atomic E-state index is 12.9. The number of rotatable bonds is 9. The number of likely N-dealkylation sites (tertiary alicyclic amines) is 1. The molecule has 34 heavy (non-hydrogen) atoms. The van der Waals surface area contributed by atoms with Gasteiger partial charge in [0.05, 0.1) is 5.92 Å². The summed E-state index contributed by atoms with van der Waals surface area (Å²) in [6, 6.07) is 16.4. The van der Waals surface area contributed by atoms with Gasteiger partial charge in [-0.2, -0.15) is 0 Å². The molecule has 1 heterocycles. The molecular formula is C27H32N2O5. The number of nitrogens with zero attached hydrogens (tertiary/aromatic N) is 1. The predicted octanol–water partition coefficient (Wildman–Crippen LogP) is 4.12. The second-order valence-electron chi connectivity index (χ2n) is 9.60. The van der Waals surface area contributed by atoms with Gasteiger partial charge in [0.2, 0.25) is 5.91 Å². The normalized spacial score (nSPS) is 15.9. The molecule has 2 aromatic rings. The molecular weight excluding hydrogens is 432 g/mol. The molecule has 4 rings (SSSR count). The highest BCUT2D eigenvalue weighted by atomic mass is 16.5. The van der Waals surface area contributed by atoms with Gasteiger partial charge in [-0.25, -0.2) is 4.79 Å². The molecule has 0 radical (unpaired) electrons. The number of carbonyl (C=O) groups excluding carboxylic acids is 2. The lowest BCUT2D eigenvalue weighted by Gasteiger charge is -2.41. The van der Waals surface area contributed by atoms with Crippen molar-refractivity contribution in [2.24, 2.45) is 17.8 Å². The van der Waals surface area contributed by atoms with Gasteiger partial charge in [0.15, 0.2) is 0 Å². The second kappa shape index (κ2) is 10.3. The summed E-state index contributed by atoms with van der Waals surface area (Å²) in [7, 11) is 0. The number of aliphatic carboxylic acids is 1. The van der Waals surface area contributed by atoms with Crippen LogP contribution in [0.1, 0.15) is 43.7 Å². The van der Waals surface area contributed by atoms with E-state index in [2.05, 4.69) is 29.6 Å². The number of nitrogens with one attached hydrogen (secondary N) is 1. The van der Waals surface area contributed by atoms with Crippen LogP contribution in [0.2, 0.25) is 0 Å². The summed E-state index contributed by atoms with van der Waals surface area (Å²) in [6.07, 6.45) is 0.191. The number of hydrogen-bond donors (Lipinski definition) is 2. The number of carbonyl (C=O) groups is 3. The lowest BCUT2D eigenvalue weighted by Crippen LogP contribution is -2.54. The number of benzene rings is 2. The summed E-state index contributed by atoms with van der Waals surface area (Å²) >= 11 is 0. The highest BCUT2D eigenvalue weighted by Crippen LogP contribution is 2.44. The zero-order valence-corrected chi connectivity index (χ0v) is 19.7. The number of amides is 2. The molecule has 1 unspecified atom stereocenters. The fourth-order valence-corrected chi connectivity index (χ4v) is 4.95. The first-order chi connectivity index (χ1) is 16.3. The van der Waals surface area contributed by atoms with Gasteiger partial charge in [-0.05, 0) is 40.5 Å². The van der Waals surface area contributed by atoms with Gasteiger partial charge in [-0.15, -0.1) is 0 Å². The maximum absolute atomic E-state index is 12.9. The minimum atomic E-state index is -0.808. The predicted molar refractivity (Wildman–Crippen MR) is 128 cm³/mol. The molecule has 2 N–H and O–H groups in total. The van der Waals surface area contributed by atoms with Gasteiger partial charge in [0.1, 0.15) is 6.61 Å². The molecule has 0 saturated carbocycles. The van der Waals surface area contributed by atoms with Gasteiger partial charge in [-0.3, -0.25) is 9.59 Å². The van der Waals surface area contributed by atoms with Crippen LogP contribution in [0, 0.1) is 17.8 Å². The summed E-state index contributed by atoms with van der Waals surface area (Å²) in [6.45, 7) is 5.54. The average molecular weight is 465 g/mol. The van der Waals surface area contributed by atoms with Crippen molar-refractivity contribution in [3.05, 3.63) is 59.7 Å². The number of fused-ring (bicyclic) bond motifs is 3. The van der Waals surface area contributed by atoms with Crippen molar-refractivity contribution in [2.75, 3.05) is 26.2 Å². The van der Waals surface area contributed by atoms with E-state index in [-0.39, 0.29) is 49.2 Å². The maximum Gasteiger partial charge on any atom is 0.407 e. The highest BCUT2D eigenvalue weighted by Gasteiger charge is 2.36. The molecule has 2 amide bonds. The van der Waals surface area contributed by atoms with Gasteiger partial charge in [0, 0.05) is 32.0 Å². The Morgan fingerprint density at radius 2 is 1.62 bits per heavy atom. The lowest BCUT2D eigenvalue weighted by molar-refractivity contribution is -0.144. The number of alkyl carbamates (subject to hydrolysis) is 1. The van der Waals surface area contributed by atoms with Gasteiger partial charge in [0.25, 0.3) is 0 Å². The summed E-state index contributed by atoms with van der Waals surface area (Å²) in [5.41, 5.74) is 4.66. The highest BCUT2D eigenvalue weighted by molar-refractivity contribution is 5.81. The lowest BCUT2D eigenvalue weighted by atomic mass is 9.89. The minimum Gasteiger partial charge on any atom is -0.481 e. The number of carboxylic acid groups (broad SMARTS) is 1. The smallest absolute Gasteiger partial charge is 0.407 e. The standard InChI is InChI=1S/C27H32N2O5/c1-17(2)23(26(32)29-14-18(15-29)11-12-25(30)31)13-28-27(33)34-16-24-21-9-5-3-7-19(21)20-8-4-6-10-22(20)24/h3-10,17-18,23-24H,11-16H2,1-2H3,(H,28,33)(H,30,31). The van der Waals surface area contributed by atoms with E-state index in [9.17, 15) is 14.4 Å². The van der Waals surface area contributed by atoms with Crippen LogP contribution < -0.4 is 5.32 Å². The topological polar surface area (TPSA) is 95.9 Å². The van der Waals surface area contributed by atoms with Crippen LogP contribution >= 0.6 is 0 Å². The first-order valence-corrected chi connectivity index (χ1v) is 11.9. The van der Waals surface area contributed by atoms with Crippen LogP contribution in [0.5, 0.6) is 0 Å². The molecule has 7 heteroatoms. The third-order valence-corrected chi connectivity index (χ3v) is 6.97. The van der Waals surface area contributed by atoms with Crippen LogP contribution in [0.15, 0.2) is 48.5 Å². The van der Waals surface area contributed by atoms with Crippen LogP contribution in [-0.4, -0.2) is 54.2 Å². The number of hydrogen-bond acceptors (Lipinski definition) is 4. The summed E-state index contributed by atoms with van der Waals surface area (Å²) in [5, 5.41) is 11.6. The Hall–Kier alpha value is -3.35. The molecule has 0 aromatic heterocycles. The van der Waals surface area contributed by atoms with Crippen LogP contribution in [-0.2, 0) is 14.3 Å². The van der Waals surface area contributed by atoms with Crippen molar-refractivity contribution in [3.8, 4) is 11.1 Å². The summed E-state index contributed by atoms with van der Waals surface area (Å²) in [5.74, 6) is -0.870. The zero-order valence-electron chi connectivity index (χ0n) is 19.7. The molecule has 0 spiro atoms. The molecule has 1 atom stereocenters. The Balaban J connectivity index is 1.28. The van der Waals surface area contributed by atoms with Gasteiger partial charge in [-0.1, -0.05) is 62.4 Å². The van der Waals surface area contributed by atoms with E-state index in [0.29, 0.717) is 19.5 Å². The van der Waals surface area contributed by atoms with E-state index < -0.39 is 12.1 Å². The number of carboxylic acids is 1. The first kappa shape index (κ1) is 23.8. The summed E-state index contributed by atoms with van der Waals surface area (Å²) in [4.78, 5) is 37.9. The van der Waals surface area contributed by atoms with Crippen molar-refractivity contribution < 1.29 is 24.2 Å². The van der Waals surface area contributed by atoms with Crippen molar-refractivity contribution in [1.82, 2.24) is 10.2 Å². The SMILES string of the molecule is CC(C)C(CNC(=O)OCC1c2ccccc2-c2ccccc21)C(=O)N1CC(CCC(=O)O)C1. The van der Waals surface area contributed by atoms with Crippen LogP contribution in [0.4, 0.5) is 4.79 Å². The van der Waals surface area contributed by atoms with Gasteiger partial charge < -0.3 is 20.1 Å². The Labute approximate surface area is 200 Å². The molecule has 1 fully saturated rings. The van der Waals surface area contributed by atoms with E-state index in [1.807, 2.05) is 38.1 Å². The monoisotopic (exact) mass is 464 g/mol. The average Bonchev–Trinajstić information content (AvgIpc) is 3.10. The minimum absolute atomic E-state index is 0.000484. The van der Waals surface area contributed by atoms with E-state index in [0.717, 1.165) is 11.1 Å². The van der Waals surface area contributed by atoms with Crippen molar-refractivity contribution >= 4 is 18.0 Å². The molecule has 0 bridgehead atoms. The molecule has 1 aliphatic heterocycles. The third-order valence-electron chi connectivity index (χ3n) is 6.97. The Bertz CT molecular complexity index is 1010. The molecule has 2 aliphatic rings. The molecule has 1 aliphatic carbocycles. The molecule has 2 aromatic carbocycles. The fourth-order valence-electron chi connectivity index (χ4n) is 4.95. The van der Waals surface area contributed by atoms with E-state index in [1.54, 1.807) is 4.90 Å². The van der Waals surface area contributed by atoms with Crippen LogP contribution in [0.3, 0.4) is 0 Å². The van der Waals surface area contributed by atoms with Crippen molar-refractivity contribution in [1.29, 1.82) is 0 Å². The Morgan fingerprint density at radius 1 is 1.03 bits per heavy atom. The van der Waals surface area contributed by atoms with E-state index >= 15 is 0 Å². The van der Waals surface area contributed by atoms with Crippen molar-refractivity contribution in [3.63, 3.8) is 0 Å². The number of ether oxygens (including phenoxy) is 1. The first-order valence-electron chi connectivity index (χ1n) is 11.9. The third kappa shape index (κ3) is 5.08. The zero-order chi connectivity index (χ0) is 24.2. The van der Waals surface area contributed by atoms with E-state index in [1.165, 1.54) is 11.1 Å². The summed E-state index contributed by atoms with van der Waals surface area (Å²) < 4.78 is 5.59.